The fraction of sp³-hybridized carbons (Fsp3) is 0.917. The first kappa shape index (κ1) is 15.8. The van der Waals surface area contributed by atoms with Gasteiger partial charge in [0.25, 0.3) is 0 Å². The molecule has 0 spiro atoms. The fourth-order valence-electron chi connectivity index (χ4n) is 1.18. The highest BCUT2D eigenvalue weighted by molar-refractivity contribution is 7.99. The van der Waals surface area contributed by atoms with Gasteiger partial charge in [-0.1, -0.05) is 13.8 Å². The van der Waals surface area contributed by atoms with E-state index in [1.165, 1.54) is 0 Å². The third-order valence-electron chi connectivity index (χ3n) is 2.80. The molecule has 16 heavy (non-hydrogen) atoms. The highest BCUT2D eigenvalue weighted by Gasteiger charge is 2.13. The van der Waals surface area contributed by atoms with Crippen molar-refractivity contribution in [3.63, 3.8) is 0 Å². The molecule has 0 aliphatic rings. The summed E-state index contributed by atoms with van der Waals surface area (Å²) in [6.07, 6.45) is 4.19. The first-order valence-corrected chi connectivity index (χ1v) is 7.36. The van der Waals surface area contributed by atoms with Crippen LogP contribution in [0.15, 0.2) is 0 Å². The number of hydrogen-bond acceptors (Lipinski definition) is 3. The number of amides is 1. The summed E-state index contributed by atoms with van der Waals surface area (Å²) in [6, 6.07) is 0.171. The van der Waals surface area contributed by atoms with E-state index < -0.39 is 0 Å². The molecule has 0 aromatic heterocycles. The lowest BCUT2D eigenvalue weighted by Gasteiger charge is -2.18. The fourth-order valence-corrected chi connectivity index (χ4v) is 1.54. The van der Waals surface area contributed by atoms with E-state index in [9.17, 15) is 4.79 Å². The van der Waals surface area contributed by atoms with Crippen LogP contribution in [0.4, 0.5) is 0 Å². The molecule has 0 heterocycles. The largest absolute Gasteiger partial charge is 0.352 e. The van der Waals surface area contributed by atoms with Gasteiger partial charge in [-0.15, -0.1) is 0 Å². The Hall–Kier alpha value is -0.220. The quantitative estimate of drug-likeness (QED) is 0.688. The summed E-state index contributed by atoms with van der Waals surface area (Å²) in [5, 5.41) is 6.88. The molecule has 3 unspecified atom stereocenters. The number of carbonyl (C=O) groups is 1. The molecule has 0 aliphatic heterocycles. The summed E-state index contributed by atoms with van der Waals surface area (Å²) in [4.78, 5) is 11.7. The molecule has 0 saturated heterocycles. The van der Waals surface area contributed by atoms with E-state index in [1.54, 1.807) is 0 Å². The topological polar surface area (TPSA) is 41.1 Å². The molecule has 3 atom stereocenters. The van der Waals surface area contributed by atoms with E-state index in [0.29, 0.717) is 5.25 Å². The van der Waals surface area contributed by atoms with E-state index in [1.807, 2.05) is 25.6 Å². The van der Waals surface area contributed by atoms with Gasteiger partial charge >= 0.3 is 0 Å². The van der Waals surface area contributed by atoms with Gasteiger partial charge < -0.3 is 10.6 Å². The number of rotatable bonds is 8. The first-order chi connectivity index (χ1) is 7.51. The minimum absolute atomic E-state index is 0.0944. The Morgan fingerprint density at radius 2 is 1.94 bits per heavy atom. The Kier molecular flexibility index (Phi) is 8.76. The lowest BCUT2D eigenvalue weighted by Crippen LogP contribution is -2.45. The summed E-state index contributed by atoms with van der Waals surface area (Å²) in [5.74, 6) is 0.103. The zero-order valence-electron chi connectivity index (χ0n) is 11.2. The Morgan fingerprint density at radius 3 is 2.44 bits per heavy atom. The lowest BCUT2D eigenvalue weighted by molar-refractivity contribution is -0.123. The second-order valence-electron chi connectivity index (χ2n) is 4.33. The van der Waals surface area contributed by atoms with Gasteiger partial charge in [-0.3, -0.25) is 4.79 Å². The molecule has 0 aromatic rings. The van der Waals surface area contributed by atoms with Crippen molar-refractivity contribution in [2.45, 2.75) is 57.9 Å². The molecule has 0 rings (SSSR count). The van der Waals surface area contributed by atoms with Gasteiger partial charge in [-0.25, -0.2) is 0 Å². The first-order valence-electron chi connectivity index (χ1n) is 6.07. The molecule has 3 nitrogen and oxygen atoms in total. The number of carbonyl (C=O) groups excluding carboxylic acids is 1. The molecule has 0 aromatic carbocycles. The van der Waals surface area contributed by atoms with Gasteiger partial charge in [0.15, 0.2) is 0 Å². The monoisotopic (exact) mass is 246 g/mol. The van der Waals surface area contributed by atoms with Crippen LogP contribution >= 0.6 is 11.8 Å². The van der Waals surface area contributed by atoms with Crippen molar-refractivity contribution in [2.75, 3.05) is 12.8 Å². The Labute approximate surface area is 104 Å². The molecule has 96 valence electrons. The highest BCUT2D eigenvalue weighted by Crippen LogP contribution is 2.08. The summed E-state index contributed by atoms with van der Waals surface area (Å²) >= 11 is 1.86. The molecule has 1 amide bonds. The van der Waals surface area contributed by atoms with Crippen LogP contribution in [0.1, 0.15) is 40.5 Å². The molecular weight excluding hydrogens is 220 g/mol. The average Bonchev–Trinajstić information content (AvgIpc) is 2.28. The third kappa shape index (κ3) is 7.12. The van der Waals surface area contributed by atoms with Crippen molar-refractivity contribution in [1.82, 2.24) is 10.6 Å². The minimum Gasteiger partial charge on any atom is -0.352 e. The number of hydrogen-bond donors (Lipinski definition) is 2. The zero-order valence-corrected chi connectivity index (χ0v) is 12.0. The SMILES string of the molecule is CCC(C)NC(=O)C(C)NCCC(C)SC. The van der Waals surface area contributed by atoms with E-state index in [4.69, 9.17) is 0 Å². The standard InChI is InChI=1S/C12H26N2OS/c1-6-9(2)14-12(15)11(4)13-8-7-10(3)16-5/h9-11,13H,6-8H2,1-5H3,(H,14,15). The van der Waals surface area contributed by atoms with Crippen LogP contribution in [0.2, 0.25) is 0 Å². The van der Waals surface area contributed by atoms with E-state index in [2.05, 4.69) is 30.7 Å². The maximum absolute atomic E-state index is 11.7. The summed E-state index contributed by atoms with van der Waals surface area (Å²) in [6.45, 7) is 9.12. The maximum atomic E-state index is 11.7. The highest BCUT2D eigenvalue weighted by atomic mass is 32.2. The molecule has 0 radical (unpaired) electrons. The predicted molar refractivity (Wildman–Crippen MR) is 73.0 cm³/mol. The van der Waals surface area contributed by atoms with Crippen molar-refractivity contribution in [3.8, 4) is 0 Å². The molecule has 4 heteroatoms. The van der Waals surface area contributed by atoms with Crippen LogP contribution in [-0.2, 0) is 4.79 Å². The molecule has 0 bridgehead atoms. The maximum Gasteiger partial charge on any atom is 0.237 e. The van der Waals surface area contributed by atoms with Gasteiger partial charge in [-0.2, -0.15) is 11.8 Å². The lowest BCUT2D eigenvalue weighted by atomic mass is 10.2. The van der Waals surface area contributed by atoms with Crippen molar-refractivity contribution in [3.05, 3.63) is 0 Å². The van der Waals surface area contributed by atoms with Crippen LogP contribution in [0.5, 0.6) is 0 Å². The zero-order chi connectivity index (χ0) is 12.6. The van der Waals surface area contributed by atoms with Gasteiger partial charge in [0.2, 0.25) is 5.91 Å². The van der Waals surface area contributed by atoms with Crippen molar-refractivity contribution in [2.24, 2.45) is 0 Å². The number of thioether (sulfide) groups is 1. The van der Waals surface area contributed by atoms with Crippen LogP contribution < -0.4 is 10.6 Å². The Morgan fingerprint density at radius 1 is 1.31 bits per heavy atom. The van der Waals surface area contributed by atoms with E-state index in [0.717, 1.165) is 19.4 Å². The smallest absolute Gasteiger partial charge is 0.237 e. The second kappa shape index (κ2) is 8.88. The molecule has 2 N–H and O–H groups in total. The van der Waals surface area contributed by atoms with Crippen molar-refractivity contribution in [1.29, 1.82) is 0 Å². The Bertz CT molecular complexity index is 199. The molecular formula is C12H26N2OS. The second-order valence-corrected chi connectivity index (χ2v) is 5.60. The molecule has 0 aliphatic carbocycles. The Balaban J connectivity index is 3.71. The van der Waals surface area contributed by atoms with E-state index >= 15 is 0 Å². The number of nitrogens with one attached hydrogen (secondary N) is 2. The van der Waals surface area contributed by atoms with Gasteiger partial charge in [0.1, 0.15) is 0 Å². The summed E-state index contributed by atoms with van der Waals surface area (Å²) in [7, 11) is 0. The minimum atomic E-state index is -0.0944. The molecule has 0 saturated carbocycles. The van der Waals surface area contributed by atoms with Crippen molar-refractivity contribution < 1.29 is 4.79 Å². The average molecular weight is 246 g/mol. The van der Waals surface area contributed by atoms with Crippen LogP contribution in [-0.4, -0.2) is 36.0 Å². The normalized spacial score (nSPS) is 16.6. The van der Waals surface area contributed by atoms with Crippen LogP contribution in [0, 0.1) is 0 Å². The summed E-state index contributed by atoms with van der Waals surface area (Å²) in [5.41, 5.74) is 0. The third-order valence-corrected chi connectivity index (χ3v) is 3.84. The molecule has 0 fully saturated rings. The van der Waals surface area contributed by atoms with Gasteiger partial charge in [0, 0.05) is 11.3 Å². The van der Waals surface area contributed by atoms with Crippen LogP contribution in [0.25, 0.3) is 0 Å². The summed E-state index contributed by atoms with van der Waals surface area (Å²) < 4.78 is 0. The van der Waals surface area contributed by atoms with Crippen LogP contribution in [0.3, 0.4) is 0 Å². The van der Waals surface area contributed by atoms with Crippen molar-refractivity contribution >= 4 is 17.7 Å². The van der Waals surface area contributed by atoms with E-state index in [-0.39, 0.29) is 18.0 Å². The predicted octanol–water partition coefficient (Wildman–Crippen LogP) is 2.02. The van der Waals surface area contributed by atoms with Gasteiger partial charge in [0.05, 0.1) is 6.04 Å². The van der Waals surface area contributed by atoms with Gasteiger partial charge in [-0.05, 0) is 39.5 Å².